The Labute approximate surface area is 140 Å². The van der Waals surface area contributed by atoms with Gasteiger partial charge in [0.25, 0.3) is 0 Å². The summed E-state index contributed by atoms with van der Waals surface area (Å²) < 4.78 is 28.9. The second kappa shape index (κ2) is 6.39. The topological polar surface area (TPSA) is 72.2 Å². The van der Waals surface area contributed by atoms with E-state index in [-0.39, 0.29) is 16.9 Å². The van der Waals surface area contributed by atoms with Crippen LogP contribution in [0.3, 0.4) is 0 Å². The van der Waals surface area contributed by atoms with E-state index in [1.165, 1.54) is 0 Å². The van der Waals surface area contributed by atoms with Gasteiger partial charge in [0.1, 0.15) is 0 Å². The Morgan fingerprint density at radius 1 is 1.35 bits per heavy atom. The maximum atomic E-state index is 12.5. The third-order valence-electron chi connectivity index (χ3n) is 3.37. The molecule has 2 rings (SSSR count). The summed E-state index contributed by atoms with van der Waals surface area (Å²) in [6, 6.07) is 4.81. The third kappa shape index (κ3) is 3.59. The molecular weight excluding hydrogens is 428 g/mol. The van der Waals surface area contributed by atoms with Crippen molar-refractivity contribution in [1.29, 1.82) is 0 Å². The smallest absolute Gasteiger partial charge is 0.242 e. The summed E-state index contributed by atoms with van der Waals surface area (Å²) in [5, 5.41) is 0. The van der Waals surface area contributed by atoms with Gasteiger partial charge in [0.2, 0.25) is 10.0 Å². The van der Waals surface area contributed by atoms with E-state index in [9.17, 15) is 8.42 Å². The van der Waals surface area contributed by atoms with Crippen LogP contribution in [0.1, 0.15) is 19.3 Å². The van der Waals surface area contributed by atoms with Crippen molar-refractivity contribution in [3.63, 3.8) is 0 Å². The molecule has 1 aliphatic rings. The van der Waals surface area contributed by atoms with Crippen molar-refractivity contribution in [2.75, 3.05) is 0 Å². The summed E-state index contributed by atoms with van der Waals surface area (Å²) in [6.45, 7) is 0. The van der Waals surface area contributed by atoms with Crippen molar-refractivity contribution in [2.45, 2.75) is 30.2 Å². The molecule has 0 heterocycles. The number of sulfonamides is 1. The van der Waals surface area contributed by atoms with E-state index in [0.717, 1.165) is 19.3 Å². The number of hydrogen-bond donors (Lipinski definition) is 2. The van der Waals surface area contributed by atoms with Gasteiger partial charge < -0.3 is 5.73 Å². The molecule has 1 aromatic rings. The SMILES string of the molecule is NC(=S)C1CCCC1NS(=O)(=O)c1cc(Br)ccc1Br. The molecule has 2 atom stereocenters. The van der Waals surface area contributed by atoms with Crippen LogP contribution >= 0.6 is 44.1 Å². The van der Waals surface area contributed by atoms with Gasteiger partial charge in [0, 0.05) is 20.9 Å². The minimum atomic E-state index is -3.61. The predicted molar refractivity (Wildman–Crippen MR) is 90.1 cm³/mol. The largest absolute Gasteiger partial charge is 0.393 e. The van der Waals surface area contributed by atoms with Gasteiger partial charge in [-0.25, -0.2) is 13.1 Å². The highest BCUT2D eigenvalue weighted by Crippen LogP contribution is 2.30. The zero-order valence-corrected chi connectivity index (χ0v) is 15.3. The van der Waals surface area contributed by atoms with E-state index in [1.807, 2.05) is 0 Å². The van der Waals surface area contributed by atoms with Crippen LogP contribution in [0.25, 0.3) is 0 Å². The predicted octanol–water partition coefficient (Wildman–Crippen LogP) is 2.94. The second-order valence-electron chi connectivity index (χ2n) is 4.74. The van der Waals surface area contributed by atoms with Crippen LogP contribution in [0, 0.1) is 5.92 Å². The van der Waals surface area contributed by atoms with Crippen molar-refractivity contribution < 1.29 is 8.42 Å². The van der Waals surface area contributed by atoms with E-state index in [0.29, 0.717) is 13.9 Å². The van der Waals surface area contributed by atoms with Crippen molar-refractivity contribution in [3.05, 3.63) is 27.1 Å². The minimum Gasteiger partial charge on any atom is -0.393 e. The molecule has 0 aliphatic heterocycles. The molecule has 0 radical (unpaired) electrons. The van der Waals surface area contributed by atoms with Gasteiger partial charge in [-0.05, 0) is 47.0 Å². The molecule has 0 spiro atoms. The van der Waals surface area contributed by atoms with Crippen LogP contribution in [0.2, 0.25) is 0 Å². The Morgan fingerprint density at radius 3 is 2.70 bits per heavy atom. The molecule has 4 nitrogen and oxygen atoms in total. The van der Waals surface area contributed by atoms with E-state index in [2.05, 4.69) is 36.6 Å². The Bertz CT molecular complexity index is 634. The van der Waals surface area contributed by atoms with Crippen LogP contribution in [0.5, 0.6) is 0 Å². The van der Waals surface area contributed by atoms with Gasteiger partial charge in [-0.3, -0.25) is 0 Å². The average Bonchev–Trinajstić information content (AvgIpc) is 2.79. The first kappa shape index (κ1) is 16.4. The quantitative estimate of drug-likeness (QED) is 0.704. The van der Waals surface area contributed by atoms with Crippen LogP contribution in [0.15, 0.2) is 32.0 Å². The normalized spacial score (nSPS) is 22.9. The van der Waals surface area contributed by atoms with Gasteiger partial charge in [-0.1, -0.05) is 34.6 Å². The highest BCUT2D eigenvalue weighted by molar-refractivity contribution is 9.11. The lowest BCUT2D eigenvalue weighted by Gasteiger charge is -2.20. The molecule has 1 aliphatic carbocycles. The molecule has 0 bridgehead atoms. The Balaban J connectivity index is 2.27. The number of halogens is 2. The number of thiocarbonyl (C=S) groups is 1. The summed E-state index contributed by atoms with van der Waals surface area (Å²) in [5.74, 6) is -0.0642. The zero-order chi connectivity index (χ0) is 14.9. The fraction of sp³-hybridized carbons (Fsp3) is 0.417. The van der Waals surface area contributed by atoms with Gasteiger partial charge in [-0.2, -0.15) is 0 Å². The van der Waals surface area contributed by atoms with Crippen LogP contribution < -0.4 is 10.5 Å². The lowest BCUT2D eigenvalue weighted by Crippen LogP contribution is -2.41. The zero-order valence-electron chi connectivity index (χ0n) is 10.5. The number of nitrogens with one attached hydrogen (secondary N) is 1. The Kier molecular flexibility index (Phi) is 5.23. The van der Waals surface area contributed by atoms with E-state index >= 15 is 0 Å². The summed E-state index contributed by atoms with van der Waals surface area (Å²) in [4.78, 5) is 0.587. The van der Waals surface area contributed by atoms with E-state index in [1.54, 1.807) is 18.2 Å². The maximum absolute atomic E-state index is 12.5. The fourth-order valence-electron chi connectivity index (χ4n) is 2.39. The first-order valence-electron chi connectivity index (χ1n) is 6.08. The number of rotatable bonds is 4. The molecule has 1 fully saturated rings. The molecule has 110 valence electrons. The molecule has 8 heteroatoms. The molecule has 1 saturated carbocycles. The van der Waals surface area contributed by atoms with Gasteiger partial charge in [0.05, 0.1) is 9.88 Å². The second-order valence-corrected chi connectivity index (χ2v) is 8.67. The molecule has 20 heavy (non-hydrogen) atoms. The standard InChI is InChI=1S/C12H14Br2N2O2S2/c13-7-4-5-9(14)11(6-7)20(17,18)16-10-3-1-2-8(10)12(15)19/h4-6,8,10,16H,1-3H2,(H2,15,19). The number of nitrogens with two attached hydrogens (primary N) is 1. The minimum absolute atomic E-state index is 0.0642. The molecular formula is C12H14Br2N2O2S2. The van der Waals surface area contributed by atoms with Crippen LogP contribution in [-0.2, 0) is 10.0 Å². The Hall–Kier alpha value is -0.0200. The van der Waals surface area contributed by atoms with Gasteiger partial charge >= 0.3 is 0 Å². The molecule has 0 aromatic heterocycles. The van der Waals surface area contributed by atoms with Crippen molar-refractivity contribution >= 4 is 59.1 Å². The van der Waals surface area contributed by atoms with Crippen molar-refractivity contribution in [3.8, 4) is 0 Å². The van der Waals surface area contributed by atoms with E-state index in [4.69, 9.17) is 18.0 Å². The first-order chi connectivity index (χ1) is 9.31. The lowest BCUT2D eigenvalue weighted by atomic mass is 10.1. The molecule has 2 unspecified atom stereocenters. The summed E-state index contributed by atoms with van der Waals surface area (Å²) in [7, 11) is -3.61. The third-order valence-corrected chi connectivity index (χ3v) is 6.65. The highest BCUT2D eigenvalue weighted by Gasteiger charge is 2.33. The molecule has 3 N–H and O–H groups in total. The summed E-state index contributed by atoms with van der Waals surface area (Å²) in [5.41, 5.74) is 5.68. The summed E-state index contributed by atoms with van der Waals surface area (Å²) >= 11 is 11.6. The fourth-order valence-corrected chi connectivity index (χ4v) is 5.48. The lowest BCUT2D eigenvalue weighted by molar-refractivity contribution is 0.524. The van der Waals surface area contributed by atoms with Crippen LogP contribution in [-0.4, -0.2) is 19.4 Å². The van der Waals surface area contributed by atoms with Gasteiger partial charge in [-0.15, -0.1) is 0 Å². The van der Waals surface area contributed by atoms with Crippen LogP contribution in [0.4, 0.5) is 0 Å². The van der Waals surface area contributed by atoms with Crippen molar-refractivity contribution in [1.82, 2.24) is 4.72 Å². The molecule has 1 aromatic carbocycles. The van der Waals surface area contributed by atoms with Gasteiger partial charge in [0.15, 0.2) is 0 Å². The maximum Gasteiger partial charge on any atom is 0.242 e. The molecule has 0 amide bonds. The monoisotopic (exact) mass is 440 g/mol. The first-order valence-corrected chi connectivity index (χ1v) is 9.55. The average molecular weight is 442 g/mol. The number of hydrogen-bond acceptors (Lipinski definition) is 3. The van der Waals surface area contributed by atoms with Crippen molar-refractivity contribution in [2.24, 2.45) is 11.7 Å². The number of benzene rings is 1. The highest BCUT2D eigenvalue weighted by atomic mass is 79.9. The van der Waals surface area contributed by atoms with E-state index < -0.39 is 10.0 Å². The summed E-state index contributed by atoms with van der Waals surface area (Å²) in [6.07, 6.45) is 2.52. The Morgan fingerprint density at radius 2 is 2.05 bits per heavy atom. The molecule has 0 saturated heterocycles.